The summed E-state index contributed by atoms with van der Waals surface area (Å²) in [6, 6.07) is 17.5. The number of fused-ring (bicyclic) bond motifs is 1. The summed E-state index contributed by atoms with van der Waals surface area (Å²) in [5.74, 6) is -0.221. The van der Waals surface area contributed by atoms with Crippen LogP contribution in [-0.2, 0) is 16.6 Å². The lowest BCUT2D eigenvalue weighted by atomic mass is 10.1. The summed E-state index contributed by atoms with van der Waals surface area (Å²) in [6.45, 7) is 4.04. The van der Waals surface area contributed by atoms with Crippen LogP contribution < -0.4 is 10.0 Å². The van der Waals surface area contributed by atoms with Crippen molar-refractivity contribution in [1.82, 2.24) is 13.5 Å². The lowest BCUT2D eigenvalue weighted by molar-refractivity contribution is 0.102. The van der Waals surface area contributed by atoms with Crippen LogP contribution in [0.2, 0.25) is 0 Å². The molecular formula is C22H20N4O3S2. The first-order chi connectivity index (χ1) is 14.8. The van der Waals surface area contributed by atoms with E-state index in [2.05, 4.69) is 18.8 Å². The van der Waals surface area contributed by atoms with Gasteiger partial charge >= 0.3 is 0 Å². The summed E-state index contributed by atoms with van der Waals surface area (Å²) in [4.78, 5) is 12.6. The monoisotopic (exact) mass is 452 g/mol. The summed E-state index contributed by atoms with van der Waals surface area (Å²) in [6.07, 6.45) is 0. The first-order valence-electron chi connectivity index (χ1n) is 9.52. The lowest BCUT2D eigenvalue weighted by Gasteiger charge is -2.10. The van der Waals surface area contributed by atoms with Crippen LogP contribution in [0.5, 0.6) is 0 Å². The van der Waals surface area contributed by atoms with Gasteiger partial charge in [0.05, 0.1) is 11.7 Å². The predicted molar refractivity (Wildman–Crippen MR) is 122 cm³/mol. The van der Waals surface area contributed by atoms with E-state index < -0.39 is 10.0 Å². The number of carbonyl (C=O) groups is 1. The van der Waals surface area contributed by atoms with Gasteiger partial charge in [0.15, 0.2) is 0 Å². The van der Waals surface area contributed by atoms with Crippen molar-refractivity contribution in [2.24, 2.45) is 0 Å². The highest BCUT2D eigenvalue weighted by Crippen LogP contribution is 2.21. The first kappa shape index (κ1) is 21.1. The number of hydrogen-bond donors (Lipinski definition) is 2. The number of hydrogen-bond acceptors (Lipinski definition) is 6. The second-order valence-corrected chi connectivity index (χ2v) is 9.45. The molecule has 0 unspecified atom stereocenters. The molecule has 1 amide bonds. The molecule has 31 heavy (non-hydrogen) atoms. The van der Waals surface area contributed by atoms with E-state index >= 15 is 0 Å². The van der Waals surface area contributed by atoms with Crippen LogP contribution in [0.25, 0.3) is 11.0 Å². The number of nitrogens with zero attached hydrogens (tertiary/aromatic N) is 2. The topological polar surface area (TPSA) is 101 Å². The van der Waals surface area contributed by atoms with Gasteiger partial charge in [-0.1, -0.05) is 35.9 Å². The highest BCUT2D eigenvalue weighted by Gasteiger charge is 2.19. The fraction of sp³-hybridized carbons (Fsp3) is 0.136. The normalized spacial score (nSPS) is 11.5. The maximum atomic E-state index is 12.7. The largest absolute Gasteiger partial charge is 0.322 e. The molecule has 0 saturated carbocycles. The van der Waals surface area contributed by atoms with Gasteiger partial charge in [-0.25, -0.2) is 13.1 Å². The van der Waals surface area contributed by atoms with Crippen molar-refractivity contribution >= 4 is 44.4 Å². The van der Waals surface area contributed by atoms with Crippen molar-refractivity contribution in [3.63, 3.8) is 0 Å². The number of rotatable bonds is 6. The first-order valence-corrected chi connectivity index (χ1v) is 11.7. The molecule has 1 heterocycles. The van der Waals surface area contributed by atoms with E-state index in [1.165, 1.54) is 6.07 Å². The molecule has 0 aliphatic carbocycles. The number of carbonyl (C=O) groups excluding carboxylic acids is 1. The van der Waals surface area contributed by atoms with Gasteiger partial charge in [0, 0.05) is 17.8 Å². The van der Waals surface area contributed by atoms with Crippen molar-refractivity contribution in [1.29, 1.82) is 0 Å². The van der Waals surface area contributed by atoms with Crippen LogP contribution in [-0.4, -0.2) is 23.1 Å². The SMILES string of the molecule is Cc1ccc(NC(=O)c2ccc(CNS(=O)(=O)c3cccc4nsnc34)cc2)c(C)c1. The van der Waals surface area contributed by atoms with Gasteiger partial charge in [-0.2, -0.15) is 8.75 Å². The minimum Gasteiger partial charge on any atom is -0.322 e. The molecule has 9 heteroatoms. The predicted octanol–water partition coefficient (Wildman–Crippen LogP) is 4.04. The van der Waals surface area contributed by atoms with Crippen LogP contribution in [0.3, 0.4) is 0 Å². The van der Waals surface area contributed by atoms with Crippen LogP contribution in [0, 0.1) is 13.8 Å². The highest BCUT2D eigenvalue weighted by atomic mass is 32.2. The Morgan fingerprint density at radius 3 is 2.52 bits per heavy atom. The van der Waals surface area contributed by atoms with Crippen molar-refractivity contribution < 1.29 is 13.2 Å². The van der Waals surface area contributed by atoms with E-state index in [0.717, 1.165) is 34.1 Å². The molecular weight excluding hydrogens is 432 g/mol. The smallest absolute Gasteiger partial charge is 0.255 e. The van der Waals surface area contributed by atoms with Gasteiger partial charge in [0.2, 0.25) is 10.0 Å². The number of anilines is 1. The standard InChI is InChI=1S/C22H20N4O3S2/c1-14-6-11-18(15(2)12-14)24-22(27)17-9-7-16(8-10-17)13-23-31(28,29)20-5-3-4-19-21(20)26-30-25-19/h3-12,23H,13H2,1-2H3,(H,24,27). The third kappa shape index (κ3) is 4.63. The summed E-state index contributed by atoms with van der Waals surface area (Å²) in [7, 11) is -3.76. The Labute approximate surface area is 184 Å². The number of benzene rings is 3. The Morgan fingerprint density at radius 1 is 1.00 bits per heavy atom. The van der Waals surface area contributed by atoms with Crippen molar-refractivity contribution in [3.05, 3.63) is 82.9 Å². The molecule has 0 radical (unpaired) electrons. The molecule has 158 valence electrons. The number of aryl methyl sites for hydroxylation is 2. The van der Waals surface area contributed by atoms with Crippen molar-refractivity contribution in [2.75, 3.05) is 5.32 Å². The second-order valence-electron chi connectivity index (χ2n) is 7.18. The lowest BCUT2D eigenvalue weighted by Crippen LogP contribution is -2.23. The number of nitrogens with one attached hydrogen (secondary N) is 2. The van der Waals surface area contributed by atoms with Crippen LogP contribution in [0.15, 0.2) is 65.6 Å². The zero-order valence-electron chi connectivity index (χ0n) is 16.9. The van der Waals surface area contributed by atoms with Gasteiger partial charge in [0.25, 0.3) is 5.91 Å². The van der Waals surface area contributed by atoms with Gasteiger partial charge in [-0.15, -0.1) is 0 Å². The van der Waals surface area contributed by atoms with E-state index in [1.54, 1.807) is 36.4 Å². The van der Waals surface area contributed by atoms with Gasteiger partial charge in [-0.05, 0) is 55.3 Å². The minimum absolute atomic E-state index is 0.0925. The number of amides is 1. The molecule has 1 aromatic heterocycles. The van der Waals surface area contributed by atoms with E-state index in [9.17, 15) is 13.2 Å². The zero-order chi connectivity index (χ0) is 22.0. The van der Waals surface area contributed by atoms with Gasteiger partial charge < -0.3 is 5.32 Å². The third-order valence-electron chi connectivity index (χ3n) is 4.85. The Bertz CT molecular complexity index is 1360. The average Bonchev–Trinajstić information content (AvgIpc) is 3.23. The quantitative estimate of drug-likeness (QED) is 0.460. The molecule has 0 aliphatic heterocycles. The summed E-state index contributed by atoms with van der Waals surface area (Å²) in [5, 5.41) is 2.90. The summed E-state index contributed by atoms with van der Waals surface area (Å²) < 4.78 is 36.2. The Balaban J connectivity index is 1.44. The molecule has 4 rings (SSSR count). The van der Waals surface area contributed by atoms with E-state index in [0.29, 0.717) is 16.6 Å². The molecule has 0 atom stereocenters. The van der Waals surface area contributed by atoms with E-state index in [4.69, 9.17) is 0 Å². The number of aromatic nitrogens is 2. The molecule has 0 bridgehead atoms. The molecule has 0 spiro atoms. The van der Waals surface area contributed by atoms with Gasteiger partial charge in [0.1, 0.15) is 15.9 Å². The molecule has 2 N–H and O–H groups in total. The van der Waals surface area contributed by atoms with Crippen LogP contribution in [0.4, 0.5) is 5.69 Å². The summed E-state index contributed by atoms with van der Waals surface area (Å²) >= 11 is 0.974. The summed E-state index contributed by atoms with van der Waals surface area (Å²) in [5.41, 5.74) is 5.01. The molecule has 0 saturated heterocycles. The Hall–Kier alpha value is -3.14. The second kappa shape index (κ2) is 8.54. The van der Waals surface area contributed by atoms with Crippen LogP contribution >= 0.6 is 11.7 Å². The molecule has 0 aliphatic rings. The average molecular weight is 453 g/mol. The molecule has 3 aromatic carbocycles. The Kier molecular flexibility index (Phi) is 5.81. The number of sulfonamides is 1. The maximum Gasteiger partial charge on any atom is 0.255 e. The fourth-order valence-corrected chi connectivity index (χ4v) is 4.96. The molecule has 0 fully saturated rings. The molecule has 4 aromatic rings. The van der Waals surface area contributed by atoms with Crippen molar-refractivity contribution in [2.45, 2.75) is 25.3 Å². The van der Waals surface area contributed by atoms with Crippen molar-refractivity contribution in [3.8, 4) is 0 Å². The third-order valence-corrected chi connectivity index (χ3v) is 6.83. The van der Waals surface area contributed by atoms with Crippen LogP contribution in [0.1, 0.15) is 27.0 Å². The highest BCUT2D eigenvalue weighted by molar-refractivity contribution is 7.89. The maximum absolute atomic E-state index is 12.7. The van der Waals surface area contributed by atoms with E-state index in [1.807, 2.05) is 32.0 Å². The Morgan fingerprint density at radius 2 is 1.77 bits per heavy atom. The minimum atomic E-state index is -3.76. The fourth-order valence-electron chi connectivity index (χ4n) is 3.18. The zero-order valence-corrected chi connectivity index (χ0v) is 18.5. The molecule has 7 nitrogen and oxygen atoms in total. The van der Waals surface area contributed by atoms with Gasteiger partial charge in [-0.3, -0.25) is 4.79 Å². The van der Waals surface area contributed by atoms with E-state index in [-0.39, 0.29) is 17.3 Å².